The fraction of sp³-hybridized carbons (Fsp3) is 0.176. The molecule has 0 bridgehead atoms. The number of amides is 1. The van der Waals surface area contributed by atoms with Gasteiger partial charge in [-0.1, -0.05) is 12.1 Å². The van der Waals surface area contributed by atoms with E-state index in [9.17, 15) is 13.8 Å². The highest BCUT2D eigenvalue weighted by atomic mass is 35.7. The molecule has 2 aromatic rings. The second-order valence-corrected chi connectivity index (χ2v) is 6.63. The van der Waals surface area contributed by atoms with Crippen LogP contribution in [0.15, 0.2) is 47.4 Å². The Balaban J connectivity index is 2.20. The van der Waals surface area contributed by atoms with Gasteiger partial charge in [0, 0.05) is 16.8 Å². The van der Waals surface area contributed by atoms with Crippen LogP contribution in [0.4, 0.5) is 5.69 Å². The highest BCUT2D eigenvalue weighted by Gasteiger charge is 2.13. The van der Waals surface area contributed by atoms with Crippen molar-refractivity contribution in [3.8, 4) is 5.75 Å². The van der Waals surface area contributed by atoms with E-state index in [4.69, 9.17) is 15.4 Å². The number of benzene rings is 2. The van der Waals surface area contributed by atoms with Gasteiger partial charge < -0.3 is 10.1 Å². The Bertz CT molecular complexity index is 790. The standard InChI is InChI=1S/C17H16ClNO4S/c1-3-23-15-9-8-14(10-16(15)24(18)22)19-17(21)13-6-4-12(5-7-13)11(2)20/h4-10H,3H2,1-2H3,(H,19,21). The Morgan fingerprint density at radius 2 is 1.75 bits per heavy atom. The van der Waals surface area contributed by atoms with Crippen molar-refractivity contribution in [1.29, 1.82) is 0 Å². The van der Waals surface area contributed by atoms with Crippen LogP contribution in [0, 0.1) is 0 Å². The van der Waals surface area contributed by atoms with Gasteiger partial charge in [-0.25, -0.2) is 4.21 Å². The molecule has 5 nitrogen and oxygen atoms in total. The smallest absolute Gasteiger partial charge is 0.255 e. The van der Waals surface area contributed by atoms with Crippen molar-refractivity contribution < 1.29 is 18.5 Å². The van der Waals surface area contributed by atoms with Gasteiger partial charge in [-0.3, -0.25) is 9.59 Å². The van der Waals surface area contributed by atoms with Gasteiger partial charge in [0.05, 0.1) is 11.5 Å². The molecular formula is C17H16ClNO4S. The quantitative estimate of drug-likeness (QED) is 0.624. The third-order valence-electron chi connectivity index (χ3n) is 3.23. The number of nitrogens with one attached hydrogen (secondary N) is 1. The summed E-state index contributed by atoms with van der Waals surface area (Å²) < 4.78 is 17.0. The van der Waals surface area contributed by atoms with E-state index in [-0.39, 0.29) is 11.7 Å². The zero-order valence-electron chi connectivity index (χ0n) is 13.2. The molecule has 1 N–H and O–H groups in total. The van der Waals surface area contributed by atoms with Gasteiger partial charge >= 0.3 is 0 Å². The molecule has 126 valence electrons. The van der Waals surface area contributed by atoms with Crippen LogP contribution in [0.2, 0.25) is 0 Å². The Morgan fingerprint density at radius 3 is 2.29 bits per heavy atom. The summed E-state index contributed by atoms with van der Waals surface area (Å²) in [4.78, 5) is 23.8. The van der Waals surface area contributed by atoms with Crippen molar-refractivity contribution in [2.45, 2.75) is 18.7 Å². The number of Topliss-reactive ketones (excluding diaryl/α,β-unsaturated/α-hetero) is 1. The van der Waals surface area contributed by atoms with Gasteiger partial charge in [-0.2, -0.15) is 0 Å². The number of hydrogen-bond donors (Lipinski definition) is 1. The molecule has 2 aromatic carbocycles. The normalized spacial score (nSPS) is 11.6. The molecule has 0 aliphatic heterocycles. The second-order valence-electron chi connectivity index (χ2n) is 4.91. The second kappa shape index (κ2) is 8.08. The molecule has 1 amide bonds. The predicted molar refractivity (Wildman–Crippen MR) is 94.3 cm³/mol. The predicted octanol–water partition coefficient (Wildman–Crippen LogP) is 3.80. The van der Waals surface area contributed by atoms with E-state index in [2.05, 4.69) is 5.32 Å². The molecule has 0 radical (unpaired) electrons. The van der Waals surface area contributed by atoms with Crippen LogP contribution < -0.4 is 10.1 Å². The molecule has 24 heavy (non-hydrogen) atoms. The molecular weight excluding hydrogens is 350 g/mol. The molecule has 0 saturated carbocycles. The van der Waals surface area contributed by atoms with Crippen LogP contribution in [0.3, 0.4) is 0 Å². The lowest BCUT2D eigenvalue weighted by atomic mass is 10.1. The van der Waals surface area contributed by atoms with Crippen LogP contribution in [0.25, 0.3) is 0 Å². The first-order valence-electron chi connectivity index (χ1n) is 7.19. The maximum Gasteiger partial charge on any atom is 0.255 e. The average Bonchev–Trinajstić information content (AvgIpc) is 2.56. The molecule has 0 aliphatic rings. The molecule has 0 fully saturated rings. The van der Waals surface area contributed by atoms with Crippen LogP contribution in [-0.2, 0) is 10.0 Å². The average molecular weight is 366 g/mol. The lowest BCUT2D eigenvalue weighted by Crippen LogP contribution is -2.12. The summed E-state index contributed by atoms with van der Waals surface area (Å²) in [6, 6.07) is 11.1. The van der Waals surface area contributed by atoms with E-state index in [0.29, 0.717) is 34.1 Å². The number of hydrogen-bond acceptors (Lipinski definition) is 4. The molecule has 1 atom stereocenters. The summed E-state index contributed by atoms with van der Waals surface area (Å²) in [6.45, 7) is 3.68. The first kappa shape index (κ1) is 18.2. The van der Waals surface area contributed by atoms with Crippen LogP contribution >= 0.6 is 10.7 Å². The third-order valence-corrected chi connectivity index (χ3v) is 4.39. The molecule has 1 unspecified atom stereocenters. The Hall–Kier alpha value is -2.18. The number of rotatable bonds is 6. The Morgan fingerprint density at radius 1 is 1.12 bits per heavy atom. The summed E-state index contributed by atoms with van der Waals surface area (Å²) >= 11 is 0. The van der Waals surface area contributed by atoms with Gasteiger partial charge in [-0.05, 0) is 54.9 Å². The fourth-order valence-corrected chi connectivity index (χ4v) is 2.91. The van der Waals surface area contributed by atoms with Crippen molar-refractivity contribution >= 4 is 38.1 Å². The summed E-state index contributed by atoms with van der Waals surface area (Å²) in [6.07, 6.45) is 0. The number of ether oxygens (including phenoxy) is 1. The minimum Gasteiger partial charge on any atom is -0.493 e. The van der Waals surface area contributed by atoms with Gasteiger partial charge in [0.15, 0.2) is 15.8 Å². The van der Waals surface area contributed by atoms with Crippen molar-refractivity contribution in [2.75, 3.05) is 11.9 Å². The summed E-state index contributed by atoms with van der Waals surface area (Å²) in [5, 5.41) is 2.70. The molecule has 0 heterocycles. The number of carbonyl (C=O) groups is 2. The van der Waals surface area contributed by atoms with E-state index >= 15 is 0 Å². The maximum atomic E-state index is 12.3. The summed E-state index contributed by atoms with van der Waals surface area (Å²) in [5.74, 6) is -0.00193. The van der Waals surface area contributed by atoms with Crippen molar-refractivity contribution in [2.24, 2.45) is 0 Å². The van der Waals surface area contributed by atoms with Crippen LogP contribution in [-0.4, -0.2) is 22.5 Å². The van der Waals surface area contributed by atoms with Crippen molar-refractivity contribution in [3.05, 3.63) is 53.6 Å². The SMILES string of the molecule is CCOc1ccc(NC(=O)c2ccc(C(C)=O)cc2)cc1S(=O)Cl. The van der Waals surface area contributed by atoms with E-state index < -0.39 is 10.0 Å². The minimum absolute atomic E-state index is 0.0669. The zero-order valence-corrected chi connectivity index (χ0v) is 14.7. The molecule has 0 aromatic heterocycles. The Kier molecular flexibility index (Phi) is 6.11. The van der Waals surface area contributed by atoms with Crippen LogP contribution in [0.1, 0.15) is 34.6 Å². The van der Waals surface area contributed by atoms with Gasteiger partial charge in [0.1, 0.15) is 5.75 Å². The fourth-order valence-electron chi connectivity index (χ4n) is 2.05. The third kappa shape index (κ3) is 4.43. The van der Waals surface area contributed by atoms with E-state index in [1.807, 2.05) is 0 Å². The Labute approximate surface area is 146 Å². The zero-order chi connectivity index (χ0) is 17.7. The van der Waals surface area contributed by atoms with E-state index in [0.717, 1.165) is 0 Å². The van der Waals surface area contributed by atoms with Gasteiger partial charge in [-0.15, -0.1) is 0 Å². The lowest BCUT2D eigenvalue weighted by molar-refractivity contribution is 0.100. The minimum atomic E-state index is -1.76. The highest BCUT2D eigenvalue weighted by Crippen LogP contribution is 2.28. The first-order valence-corrected chi connectivity index (χ1v) is 9.17. The molecule has 0 aliphatic carbocycles. The van der Waals surface area contributed by atoms with Crippen molar-refractivity contribution in [1.82, 2.24) is 0 Å². The largest absolute Gasteiger partial charge is 0.493 e. The lowest BCUT2D eigenvalue weighted by Gasteiger charge is -2.11. The van der Waals surface area contributed by atoms with E-state index in [1.165, 1.54) is 13.0 Å². The monoisotopic (exact) mass is 365 g/mol. The molecule has 0 spiro atoms. The van der Waals surface area contributed by atoms with E-state index in [1.54, 1.807) is 43.3 Å². The number of ketones is 1. The highest BCUT2D eigenvalue weighted by molar-refractivity contribution is 8.08. The number of anilines is 1. The molecule has 7 heteroatoms. The van der Waals surface area contributed by atoms with Crippen LogP contribution in [0.5, 0.6) is 5.75 Å². The first-order chi connectivity index (χ1) is 11.4. The van der Waals surface area contributed by atoms with Crippen molar-refractivity contribution in [3.63, 3.8) is 0 Å². The van der Waals surface area contributed by atoms with Gasteiger partial charge in [0.25, 0.3) is 5.91 Å². The molecule has 2 rings (SSSR count). The topological polar surface area (TPSA) is 72.5 Å². The van der Waals surface area contributed by atoms with Gasteiger partial charge in [0.2, 0.25) is 0 Å². The summed E-state index contributed by atoms with van der Waals surface area (Å²) in [5.41, 5.74) is 1.39. The summed E-state index contributed by atoms with van der Waals surface area (Å²) in [7, 11) is 3.90. The number of carbonyl (C=O) groups excluding carboxylic acids is 2. The maximum absolute atomic E-state index is 12.3. The number of halogens is 1. The molecule has 0 saturated heterocycles.